The molecule has 2 aromatic rings. The van der Waals surface area contributed by atoms with Crippen LogP contribution < -0.4 is 9.64 Å². The highest BCUT2D eigenvalue weighted by molar-refractivity contribution is 5.94. The molecule has 136 valence electrons. The SMILES string of the molecule is COc1ccccc1CC(=O)N1CCN(c2ccc(C(C)=O)cc2)CC1. The van der Waals surface area contributed by atoms with Gasteiger partial charge in [-0.2, -0.15) is 0 Å². The van der Waals surface area contributed by atoms with Crippen molar-refractivity contribution in [1.29, 1.82) is 0 Å². The summed E-state index contributed by atoms with van der Waals surface area (Å²) in [5.74, 6) is 0.953. The Labute approximate surface area is 154 Å². The number of para-hydroxylation sites is 1. The molecule has 2 aromatic carbocycles. The molecule has 0 radical (unpaired) electrons. The van der Waals surface area contributed by atoms with Crippen molar-refractivity contribution < 1.29 is 14.3 Å². The predicted molar refractivity (Wildman–Crippen MR) is 102 cm³/mol. The van der Waals surface area contributed by atoms with Gasteiger partial charge in [0, 0.05) is 43.0 Å². The van der Waals surface area contributed by atoms with Crippen LogP contribution in [0.5, 0.6) is 5.75 Å². The van der Waals surface area contributed by atoms with Crippen LogP contribution in [0.25, 0.3) is 0 Å². The van der Waals surface area contributed by atoms with Crippen molar-refractivity contribution in [2.75, 3.05) is 38.2 Å². The molecule has 0 aliphatic carbocycles. The van der Waals surface area contributed by atoms with E-state index in [9.17, 15) is 9.59 Å². The van der Waals surface area contributed by atoms with Crippen molar-refractivity contribution in [1.82, 2.24) is 4.90 Å². The smallest absolute Gasteiger partial charge is 0.227 e. The number of benzene rings is 2. The quantitative estimate of drug-likeness (QED) is 0.777. The van der Waals surface area contributed by atoms with Gasteiger partial charge in [0.15, 0.2) is 5.78 Å². The van der Waals surface area contributed by atoms with E-state index in [0.29, 0.717) is 19.5 Å². The highest BCUT2D eigenvalue weighted by atomic mass is 16.5. The number of Topliss-reactive ketones (excluding diaryl/α,β-unsaturated/α-hetero) is 1. The molecule has 0 bridgehead atoms. The Bertz CT molecular complexity index is 778. The number of amides is 1. The third-order valence-electron chi connectivity index (χ3n) is 4.81. The number of carbonyl (C=O) groups is 2. The van der Waals surface area contributed by atoms with Gasteiger partial charge < -0.3 is 14.5 Å². The predicted octanol–water partition coefficient (Wildman–Crippen LogP) is 2.79. The highest BCUT2D eigenvalue weighted by Gasteiger charge is 2.22. The fraction of sp³-hybridized carbons (Fsp3) is 0.333. The Hall–Kier alpha value is -2.82. The van der Waals surface area contributed by atoms with Crippen LogP contribution in [0.3, 0.4) is 0 Å². The topological polar surface area (TPSA) is 49.9 Å². The molecular formula is C21H24N2O3. The van der Waals surface area contributed by atoms with Gasteiger partial charge in [-0.05, 0) is 37.3 Å². The van der Waals surface area contributed by atoms with Crippen LogP contribution >= 0.6 is 0 Å². The van der Waals surface area contributed by atoms with Crippen LogP contribution in [-0.4, -0.2) is 49.9 Å². The van der Waals surface area contributed by atoms with E-state index in [4.69, 9.17) is 4.74 Å². The van der Waals surface area contributed by atoms with Gasteiger partial charge in [-0.25, -0.2) is 0 Å². The Morgan fingerprint density at radius 3 is 2.23 bits per heavy atom. The number of ether oxygens (including phenoxy) is 1. The van der Waals surface area contributed by atoms with Crippen molar-refractivity contribution in [3.63, 3.8) is 0 Å². The molecule has 0 aromatic heterocycles. The molecular weight excluding hydrogens is 328 g/mol. The molecule has 1 fully saturated rings. The molecule has 1 aliphatic heterocycles. The van der Waals surface area contributed by atoms with Crippen molar-refractivity contribution >= 4 is 17.4 Å². The second-order valence-electron chi connectivity index (χ2n) is 6.46. The molecule has 0 unspecified atom stereocenters. The number of nitrogens with zero attached hydrogens (tertiary/aromatic N) is 2. The molecule has 1 heterocycles. The van der Waals surface area contributed by atoms with E-state index in [1.807, 2.05) is 53.4 Å². The molecule has 1 amide bonds. The number of anilines is 1. The van der Waals surface area contributed by atoms with E-state index < -0.39 is 0 Å². The van der Waals surface area contributed by atoms with Gasteiger partial charge in [0.1, 0.15) is 5.75 Å². The van der Waals surface area contributed by atoms with E-state index in [-0.39, 0.29) is 11.7 Å². The Kier molecular flexibility index (Phi) is 5.56. The summed E-state index contributed by atoms with van der Waals surface area (Å²) in [6, 6.07) is 15.3. The lowest BCUT2D eigenvalue weighted by Crippen LogP contribution is -2.49. The van der Waals surface area contributed by atoms with Gasteiger partial charge in [-0.3, -0.25) is 9.59 Å². The average Bonchev–Trinajstić information content (AvgIpc) is 2.68. The first-order chi connectivity index (χ1) is 12.6. The van der Waals surface area contributed by atoms with Gasteiger partial charge in [0.05, 0.1) is 13.5 Å². The standard InChI is InChI=1S/C21H24N2O3/c1-16(24)17-7-9-19(10-8-17)22-11-13-23(14-12-22)21(25)15-18-5-3-4-6-20(18)26-2/h3-10H,11-15H2,1-2H3. The molecule has 5 nitrogen and oxygen atoms in total. The number of piperazine rings is 1. The summed E-state index contributed by atoms with van der Waals surface area (Å²) in [6.45, 7) is 4.54. The van der Waals surface area contributed by atoms with Crippen LogP contribution in [0.1, 0.15) is 22.8 Å². The minimum atomic E-state index is 0.0725. The van der Waals surface area contributed by atoms with Gasteiger partial charge in [-0.1, -0.05) is 18.2 Å². The monoisotopic (exact) mass is 352 g/mol. The summed E-state index contributed by atoms with van der Waals surface area (Å²) < 4.78 is 5.33. The molecule has 0 atom stereocenters. The summed E-state index contributed by atoms with van der Waals surface area (Å²) in [5.41, 5.74) is 2.73. The molecule has 0 N–H and O–H groups in total. The van der Waals surface area contributed by atoms with Crippen LogP contribution in [0.15, 0.2) is 48.5 Å². The number of methoxy groups -OCH3 is 1. The second-order valence-corrected chi connectivity index (χ2v) is 6.46. The van der Waals surface area contributed by atoms with E-state index >= 15 is 0 Å². The fourth-order valence-corrected chi connectivity index (χ4v) is 3.24. The molecule has 1 aliphatic rings. The Morgan fingerprint density at radius 2 is 1.62 bits per heavy atom. The van der Waals surface area contributed by atoms with E-state index in [2.05, 4.69) is 4.90 Å². The number of rotatable bonds is 5. The van der Waals surface area contributed by atoms with Crippen molar-refractivity contribution in [3.8, 4) is 5.75 Å². The largest absolute Gasteiger partial charge is 0.496 e. The maximum absolute atomic E-state index is 12.6. The van der Waals surface area contributed by atoms with Gasteiger partial charge in [0.25, 0.3) is 0 Å². The number of hydrogen-bond donors (Lipinski definition) is 0. The fourth-order valence-electron chi connectivity index (χ4n) is 3.24. The average molecular weight is 352 g/mol. The van der Waals surface area contributed by atoms with Crippen LogP contribution in [0.4, 0.5) is 5.69 Å². The molecule has 0 spiro atoms. The van der Waals surface area contributed by atoms with Gasteiger partial charge in [0.2, 0.25) is 5.91 Å². The second kappa shape index (κ2) is 8.04. The Morgan fingerprint density at radius 1 is 0.962 bits per heavy atom. The lowest BCUT2D eigenvalue weighted by atomic mass is 10.1. The zero-order valence-corrected chi connectivity index (χ0v) is 15.3. The number of hydrogen-bond acceptors (Lipinski definition) is 4. The van der Waals surface area contributed by atoms with E-state index in [1.165, 1.54) is 0 Å². The lowest BCUT2D eigenvalue weighted by Gasteiger charge is -2.36. The number of carbonyl (C=O) groups excluding carboxylic acids is 2. The first kappa shape index (κ1) is 18.0. The summed E-state index contributed by atoms with van der Waals surface area (Å²) in [6.07, 6.45) is 0.358. The van der Waals surface area contributed by atoms with Crippen molar-refractivity contribution in [2.24, 2.45) is 0 Å². The van der Waals surface area contributed by atoms with Crippen molar-refractivity contribution in [2.45, 2.75) is 13.3 Å². The minimum Gasteiger partial charge on any atom is -0.496 e. The first-order valence-corrected chi connectivity index (χ1v) is 8.84. The molecule has 1 saturated heterocycles. The van der Waals surface area contributed by atoms with E-state index in [1.54, 1.807) is 14.0 Å². The van der Waals surface area contributed by atoms with Crippen LogP contribution in [-0.2, 0) is 11.2 Å². The third kappa shape index (κ3) is 4.04. The van der Waals surface area contributed by atoms with Crippen LogP contribution in [0.2, 0.25) is 0 Å². The zero-order chi connectivity index (χ0) is 18.5. The minimum absolute atomic E-state index is 0.0725. The maximum atomic E-state index is 12.6. The normalized spacial score (nSPS) is 14.2. The summed E-state index contributed by atoms with van der Waals surface area (Å²) >= 11 is 0. The zero-order valence-electron chi connectivity index (χ0n) is 15.3. The Balaban J connectivity index is 1.57. The third-order valence-corrected chi connectivity index (χ3v) is 4.81. The van der Waals surface area contributed by atoms with Gasteiger partial charge in [-0.15, -0.1) is 0 Å². The summed E-state index contributed by atoms with van der Waals surface area (Å²) in [7, 11) is 1.62. The summed E-state index contributed by atoms with van der Waals surface area (Å²) in [4.78, 5) is 28.1. The van der Waals surface area contributed by atoms with E-state index in [0.717, 1.165) is 35.7 Å². The molecule has 26 heavy (non-hydrogen) atoms. The molecule has 0 saturated carbocycles. The molecule has 5 heteroatoms. The van der Waals surface area contributed by atoms with Gasteiger partial charge >= 0.3 is 0 Å². The van der Waals surface area contributed by atoms with Crippen LogP contribution in [0, 0.1) is 0 Å². The first-order valence-electron chi connectivity index (χ1n) is 8.84. The van der Waals surface area contributed by atoms with Crippen molar-refractivity contribution in [3.05, 3.63) is 59.7 Å². The maximum Gasteiger partial charge on any atom is 0.227 e. The highest BCUT2D eigenvalue weighted by Crippen LogP contribution is 2.20. The molecule has 3 rings (SSSR count). The summed E-state index contributed by atoms with van der Waals surface area (Å²) in [5, 5.41) is 0. The lowest BCUT2D eigenvalue weighted by molar-refractivity contribution is -0.130. The number of ketones is 1.